The average Bonchev–Trinajstić information content (AvgIpc) is 3.45. The maximum atomic E-state index is 13.5. The molecule has 1 aliphatic heterocycles. The van der Waals surface area contributed by atoms with E-state index in [0.29, 0.717) is 31.3 Å². The number of hydrogen-bond donors (Lipinski definition) is 0. The van der Waals surface area contributed by atoms with E-state index in [1.54, 1.807) is 11.0 Å². The van der Waals surface area contributed by atoms with Crippen LogP contribution >= 0.6 is 0 Å². The molecule has 1 amide bonds. The van der Waals surface area contributed by atoms with E-state index in [1.165, 1.54) is 5.56 Å². The van der Waals surface area contributed by atoms with Crippen molar-refractivity contribution in [1.82, 2.24) is 10.1 Å². The van der Waals surface area contributed by atoms with E-state index in [2.05, 4.69) is 19.0 Å². The van der Waals surface area contributed by atoms with Gasteiger partial charge in [-0.3, -0.25) is 4.79 Å². The van der Waals surface area contributed by atoms with E-state index < -0.39 is 15.9 Å². The van der Waals surface area contributed by atoms with Crippen molar-refractivity contribution in [2.75, 3.05) is 18.1 Å². The third-order valence-electron chi connectivity index (χ3n) is 6.09. The summed E-state index contributed by atoms with van der Waals surface area (Å²) in [5, 5.41) is 4.01. The first kappa shape index (κ1) is 24.0. The predicted molar refractivity (Wildman–Crippen MR) is 131 cm³/mol. The van der Waals surface area contributed by atoms with Crippen molar-refractivity contribution in [1.29, 1.82) is 0 Å². The Morgan fingerprint density at radius 2 is 1.85 bits per heavy atom. The molecular weight excluding hydrogens is 452 g/mol. The second-order valence-electron chi connectivity index (χ2n) is 8.92. The monoisotopic (exact) mass is 482 g/mol. The summed E-state index contributed by atoms with van der Waals surface area (Å²) in [6.07, 6.45) is 0.418. The second kappa shape index (κ2) is 10.0. The minimum atomic E-state index is -3.16. The topological polar surface area (TPSA) is 89.7 Å². The van der Waals surface area contributed by atoms with Gasteiger partial charge >= 0.3 is 0 Å². The molecule has 4 rings (SSSR count). The van der Waals surface area contributed by atoms with Gasteiger partial charge in [0, 0.05) is 24.2 Å². The lowest BCUT2D eigenvalue weighted by molar-refractivity contribution is 0.0670. The number of rotatable bonds is 8. The lowest BCUT2D eigenvalue weighted by Gasteiger charge is -2.27. The van der Waals surface area contributed by atoms with Gasteiger partial charge in [-0.15, -0.1) is 0 Å². The smallest absolute Gasteiger partial charge is 0.276 e. The average molecular weight is 483 g/mol. The van der Waals surface area contributed by atoms with Gasteiger partial charge in [0.1, 0.15) is 5.75 Å². The highest BCUT2D eigenvalue weighted by Crippen LogP contribution is 2.27. The van der Waals surface area contributed by atoms with Crippen LogP contribution in [0.1, 0.15) is 54.7 Å². The Bertz CT molecular complexity index is 1230. The Morgan fingerprint density at radius 1 is 1.15 bits per heavy atom. The third-order valence-corrected chi connectivity index (χ3v) is 7.84. The van der Waals surface area contributed by atoms with Crippen molar-refractivity contribution in [2.45, 2.75) is 45.7 Å². The largest absolute Gasteiger partial charge is 0.494 e. The third kappa shape index (κ3) is 5.50. The first-order chi connectivity index (χ1) is 16.3. The van der Waals surface area contributed by atoms with Crippen LogP contribution in [0.15, 0.2) is 59.1 Å². The SMILES string of the molecule is CCOc1ccc(-c2cc(C(=O)N(Cc3ccc(C(C)C)cc3)[C@@H]3CCS(=O)(=O)C3)no2)cc1. The lowest BCUT2D eigenvalue weighted by atomic mass is 10.0. The molecule has 2 aromatic carbocycles. The van der Waals surface area contributed by atoms with Crippen LogP contribution in [0.4, 0.5) is 0 Å². The molecule has 8 heteroatoms. The molecule has 0 N–H and O–H groups in total. The van der Waals surface area contributed by atoms with Crippen molar-refractivity contribution < 1.29 is 22.5 Å². The van der Waals surface area contributed by atoms with Gasteiger partial charge in [-0.05, 0) is 54.7 Å². The highest BCUT2D eigenvalue weighted by molar-refractivity contribution is 7.91. The Balaban J connectivity index is 1.58. The lowest BCUT2D eigenvalue weighted by Crippen LogP contribution is -2.40. The van der Waals surface area contributed by atoms with Crippen molar-refractivity contribution in [2.24, 2.45) is 0 Å². The molecule has 1 fully saturated rings. The van der Waals surface area contributed by atoms with Crippen molar-refractivity contribution >= 4 is 15.7 Å². The molecule has 2 heterocycles. The van der Waals surface area contributed by atoms with Crippen LogP contribution < -0.4 is 4.74 Å². The molecule has 1 saturated heterocycles. The number of benzene rings is 2. The first-order valence-electron chi connectivity index (χ1n) is 11.6. The van der Waals surface area contributed by atoms with Gasteiger partial charge in [-0.25, -0.2) is 8.42 Å². The molecule has 0 radical (unpaired) electrons. The van der Waals surface area contributed by atoms with Gasteiger partial charge in [0.15, 0.2) is 21.3 Å². The number of amides is 1. The molecule has 180 valence electrons. The van der Waals surface area contributed by atoms with Crippen LogP contribution in [-0.2, 0) is 16.4 Å². The van der Waals surface area contributed by atoms with E-state index in [4.69, 9.17) is 9.26 Å². The minimum Gasteiger partial charge on any atom is -0.494 e. The summed E-state index contributed by atoms with van der Waals surface area (Å²) in [5.74, 6) is 1.33. The number of hydrogen-bond acceptors (Lipinski definition) is 6. The van der Waals surface area contributed by atoms with E-state index in [9.17, 15) is 13.2 Å². The zero-order valence-electron chi connectivity index (χ0n) is 19.7. The first-order valence-corrected chi connectivity index (χ1v) is 13.4. The molecule has 0 aliphatic carbocycles. The van der Waals surface area contributed by atoms with Crippen LogP contribution in [0.3, 0.4) is 0 Å². The fourth-order valence-electron chi connectivity index (χ4n) is 4.13. The Labute approximate surface area is 200 Å². The minimum absolute atomic E-state index is 0.0353. The van der Waals surface area contributed by atoms with Crippen molar-refractivity contribution in [3.63, 3.8) is 0 Å². The normalized spacial score (nSPS) is 17.1. The van der Waals surface area contributed by atoms with Gasteiger partial charge in [-0.1, -0.05) is 43.3 Å². The zero-order valence-corrected chi connectivity index (χ0v) is 20.5. The van der Waals surface area contributed by atoms with Crippen molar-refractivity contribution in [3.05, 3.63) is 71.4 Å². The maximum absolute atomic E-state index is 13.5. The summed E-state index contributed by atoms with van der Waals surface area (Å²) in [7, 11) is -3.16. The Morgan fingerprint density at radius 3 is 2.44 bits per heavy atom. The van der Waals surface area contributed by atoms with E-state index in [0.717, 1.165) is 16.9 Å². The second-order valence-corrected chi connectivity index (χ2v) is 11.1. The molecule has 0 spiro atoms. The fourth-order valence-corrected chi connectivity index (χ4v) is 5.86. The molecule has 1 atom stereocenters. The molecule has 0 saturated carbocycles. The molecular formula is C26H30N2O5S. The van der Waals surface area contributed by atoms with Crippen molar-refractivity contribution in [3.8, 4) is 17.1 Å². The quantitative estimate of drug-likeness (QED) is 0.463. The van der Waals surface area contributed by atoms with Gasteiger partial charge < -0.3 is 14.2 Å². The van der Waals surface area contributed by atoms with Crippen LogP contribution in [-0.4, -0.2) is 48.5 Å². The van der Waals surface area contributed by atoms with Gasteiger partial charge in [0.25, 0.3) is 5.91 Å². The summed E-state index contributed by atoms with van der Waals surface area (Å²) < 4.78 is 35.2. The van der Waals surface area contributed by atoms with Crippen LogP contribution in [0.5, 0.6) is 5.75 Å². The molecule has 34 heavy (non-hydrogen) atoms. The Hall–Kier alpha value is -3.13. The van der Waals surface area contributed by atoms with Gasteiger partial charge in [-0.2, -0.15) is 0 Å². The molecule has 3 aromatic rings. The number of aromatic nitrogens is 1. The zero-order chi connectivity index (χ0) is 24.3. The molecule has 1 aromatic heterocycles. The summed E-state index contributed by atoms with van der Waals surface area (Å²) >= 11 is 0. The summed E-state index contributed by atoms with van der Waals surface area (Å²) in [6, 6.07) is 16.7. The van der Waals surface area contributed by atoms with Gasteiger partial charge in [0.2, 0.25) is 0 Å². The highest BCUT2D eigenvalue weighted by atomic mass is 32.2. The molecule has 0 bridgehead atoms. The van der Waals surface area contributed by atoms with E-state index in [1.807, 2.05) is 55.5 Å². The van der Waals surface area contributed by atoms with Gasteiger partial charge in [0.05, 0.1) is 18.1 Å². The van der Waals surface area contributed by atoms with Crippen LogP contribution in [0.25, 0.3) is 11.3 Å². The maximum Gasteiger partial charge on any atom is 0.276 e. The Kier molecular flexibility index (Phi) is 7.07. The number of nitrogens with zero attached hydrogens (tertiary/aromatic N) is 2. The number of ether oxygens (including phenoxy) is 1. The predicted octanol–water partition coefficient (Wildman–Crippen LogP) is 4.69. The highest BCUT2D eigenvalue weighted by Gasteiger charge is 2.36. The standard InChI is InChI=1S/C26H30N2O5S/c1-4-32-23-11-9-21(10-12-23)25-15-24(27-33-25)26(29)28(22-13-14-34(30,31)17-22)16-19-5-7-20(8-6-19)18(2)3/h5-12,15,18,22H,4,13-14,16-17H2,1-3H3/t22-/m1/s1. The van der Waals surface area contributed by atoms with E-state index >= 15 is 0 Å². The summed E-state index contributed by atoms with van der Waals surface area (Å²) in [4.78, 5) is 15.1. The molecule has 7 nitrogen and oxygen atoms in total. The number of carbonyl (C=O) groups excluding carboxylic acids is 1. The molecule has 0 unspecified atom stereocenters. The summed E-state index contributed by atoms with van der Waals surface area (Å²) in [5.41, 5.74) is 3.08. The summed E-state index contributed by atoms with van der Waals surface area (Å²) in [6.45, 7) is 7.06. The fraction of sp³-hybridized carbons (Fsp3) is 0.385. The van der Waals surface area contributed by atoms with Crippen LogP contribution in [0.2, 0.25) is 0 Å². The molecule has 1 aliphatic rings. The number of sulfone groups is 1. The number of carbonyl (C=O) groups is 1. The van der Waals surface area contributed by atoms with Crippen LogP contribution in [0, 0.1) is 0 Å². The van der Waals surface area contributed by atoms with E-state index in [-0.39, 0.29) is 23.1 Å².